The monoisotopic (exact) mass is 300 g/mol. The van der Waals surface area contributed by atoms with Crippen molar-refractivity contribution in [2.75, 3.05) is 32.3 Å². The summed E-state index contributed by atoms with van der Waals surface area (Å²) in [5.41, 5.74) is 1.21. The first-order valence-electron chi connectivity index (χ1n) is 6.87. The summed E-state index contributed by atoms with van der Waals surface area (Å²) in [6.45, 7) is 1.01. The number of pyridine rings is 1. The molecule has 0 fully saturated rings. The topological polar surface area (TPSA) is 60.9 Å². The lowest BCUT2D eigenvalue weighted by molar-refractivity contribution is 0.0991. The van der Waals surface area contributed by atoms with Crippen molar-refractivity contribution in [3.05, 3.63) is 42.1 Å². The summed E-state index contributed by atoms with van der Waals surface area (Å²) in [7, 11) is 3.24. The molecule has 2 aromatic rings. The van der Waals surface area contributed by atoms with Gasteiger partial charge in [-0.05, 0) is 24.3 Å². The Morgan fingerprint density at radius 2 is 1.95 bits per heavy atom. The predicted molar refractivity (Wildman–Crippen MR) is 81.0 cm³/mol. The normalized spacial score (nSPS) is 12.6. The van der Waals surface area contributed by atoms with Crippen molar-refractivity contribution in [3.8, 4) is 17.4 Å². The fraction of sp³-hybridized carbons (Fsp3) is 0.250. The third-order valence-corrected chi connectivity index (χ3v) is 3.41. The van der Waals surface area contributed by atoms with E-state index in [-0.39, 0.29) is 5.91 Å². The van der Waals surface area contributed by atoms with Crippen molar-refractivity contribution in [1.29, 1.82) is 0 Å². The van der Waals surface area contributed by atoms with Gasteiger partial charge in [-0.25, -0.2) is 4.98 Å². The van der Waals surface area contributed by atoms with E-state index in [4.69, 9.17) is 14.2 Å². The van der Waals surface area contributed by atoms with Crippen LogP contribution in [0.5, 0.6) is 17.4 Å². The zero-order valence-corrected chi connectivity index (χ0v) is 12.4. The number of anilines is 1. The van der Waals surface area contributed by atoms with Gasteiger partial charge in [-0.15, -0.1) is 0 Å². The summed E-state index contributed by atoms with van der Waals surface area (Å²) in [5.74, 6) is 1.61. The van der Waals surface area contributed by atoms with Gasteiger partial charge in [0.05, 0.1) is 19.0 Å². The summed E-state index contributed by atoms with van der Waals surface area (Å²) in [6, 6.07) is 8.67. The fourth-order valence-electron chi connectivity index (χ4n) is 2.18. The number of hydrogen-bond acceptors (Lipinski definition) is 5. The quantitative estimate of drug-likeness (QED) is 0.869. The highest BCUT2D eigenvalue weighted by Gasteiger charge is 2.18. The van der Waals surface area contributed by atoms with Gasteiger partial charge in [0.25, 0.3) is 5.91 Å². The van der Waals surface area contributed by atoms with Gasteiger partial charge in [-0.1, -0.05) is 0 Å². The third-order valence-electron chi connectivity index (χ3n) is 3.41. The Labute approximate surface area is 128 Å². The lowest BCUT2D eigenvalue weighted by Gasteiger charge is -2.21. The Morgan fingerprint density at radius 1 is 1.18 bits per heavy atom. The molecule has 0 bridgehead atoms. The fourth-order valence-corrected chi connectivity index (χ4v) is 2.18. The molecule has 0 saturated heterocycles. The van der Waals surface area contributed by atoms with Crippen molar-refractivity contribution in [1.82, 2.24) is 4.98 Å². The number of ether oxygens (including phenoxy) is 3. The predicted octanol–water partition coefficient (Wildman–Crippen LogP) is 2.14. The Balaban J connectivity index is 1.83. The second-order valence-corrected chi connectivity index (χ2v) is 4.78. The molecule has 22 heavy (non-hydrogen) atoms. The molecule has 3 rings (SSSR count). The molecule has 1 aliphatic heterocycles. The number of rotatable bonds is 3. The summed E-state index contributed by atoms with van der Waals surface area (Å²) in [6.07, 6.45) is 1.59. The molecule has 0 atom stereocenters. The molecule has 0 unspecified atom stereocenters. The van der Waals surface area contributed by atoms with Crippen LogP contribution < -0.4 is 19.1 Å². The van der Waals surface area contributed by atoms with E-state index in [0.29, 0.717) is 41.8 Å². The van der Waals surface area contributed by atoms with E-state index in [1.54, 1.807) is 50.7 Å². The Morgan fingerprint density at radius 3 is 2.64 bits per heavy atom. The lowest BCUT2D eigenvalue weighted by atomic mass is 10.1. The first-order chi connectivity index (χ1) is 10.7. The molecule has 0 radical (unpaired) electrons. The SMILES string of the molecule is COc1ccc(N(C)C(=O)c2ccc3c(c2)OCCO3)cn1. The van der Waals surface area contributed by atoms with Gasteiger partial charge in [-0.3, -0.25) is 4.79 Å². The van der Waals surface area contributed by atoms with Crippen LogP contribution in [-0.2, 0) is 0 Å². The van der Waals surface area contributed by atoms with Crippen molar-refractivity contribution in [2.45, 2.75) is 0 Å². The highest BCUT2D eigenvalue weighted by molar-refractivity contribution is 6.06. The number of amides is 1. The van der Waals surface area contributed by atoms with Gasteiger partial charge in [0.15, 0.2) is 11.5 Å². The summed E-state index contributed by atoms with van der Waals surface area (Å²) in [4.78, 5) is 18.2. The molecular weight excluding hydrogens is 284 g/mol. The maximum absolute atomic E-state index is 12.6. The van der Waals surface area contributed by atoms with E-state index in [1.807, 2.05) is 0 Å². The van der Waals surface area contributed by atoms with E-state index < -0.39 is 0 Å². The van der Waals surface area contributed by atoms with E-state index in [2.05, 4.69) is 4.98 Å². The number of hydrogen-bond donors (Lipinski definition) is 0. The van der Waals surface area contributed by atoms with Crippen LogP contribution in [-0.4, -0.2) is 38.3 Å². The van der Waals surface area contributed by atoms with Crippen LogP contribution in [0.15, 0.2) is 36.5 Å². The molecule has 1 amide bonds. The molecule has 0 aliphatic carbocycles. The highest BCUT2D eigenvalue weighted by atomic mass is 16.6. The molecule has 1 aliphatic rings. The van der Waals surface area contributed by atoms with Gasteiger partial charge < -0.3 is 19.1 Å². The average molecular weight is 300 g/mol. The largest absolute Gasteiger partial charge is 0.486 e. The Kier molecular flexibility index (Phi) is 3.82. The van der Waals surface area contributed by atoms with Crippen LogP contribution >= 0.6 is 0 Å². The van der Waals surface area contributed by atoms with Gasteiger partial charge in [0.2, 0.25) is 5.88 Å². The number of methoxy groups -OCH3 is 1. The van der Waals surface area contributed by atoms with Crippen LogP contribution in [0.2, 0.25) is 0 Å². The minimum absolute atomic E-state index is 0.149. The third kappa shape index (κ3) is 2.67. The van der Waals surface area contributed by atoms with E-state index in [9.17, 15) is 4.79 Å². The van der Waals surface area contributed by atoms with Crippen LogP contribution in [0.3, 0.4) is 0 Å². The number of aromatic nitrogens is 1. The van der Waals surface area contributed by atoms with Crippen LogP contribution in [0.1, 0.15) is 10.4 Å². The highest BCUT2D eigenvalue weighted by Crippen LogP contribution is 2.31. The van der Waals surface area contributed by atoms with E-state index >= 15 is 0 Å². The van der Waals surface area contributed by atoms with Crippen molar-refractivity contribution in [2.24, 2.45) is 0 Å². The Hall–Kier alpha value is -2.76. The standard InChI is InChI=1S/C16H16N2O4/c1-18(12-4-6-15(20-2)17-10-12)16(19)11-3-5-13-14(9-11)22-8-7-21-13/h3-6,9-10H,7-8H2,1-2H3. The molecule has 0 saturated carbocycles. The molecule has 1 aromatic heterocycles. The van der Waals surface area contributed by atoms with Gasteiger partial charge in [-0.2, -0.15) is 0 Å². The van der Waals surface area contributed by atoms with Gasteiger partial charge in [0.1, 0.15) is 13.2 Å². The summed E-state index contributed by atoms with van der Waals surface area (Å²) >= 11 is 0. The zero-order valence-electron chi connectivity index (χ0n) is 12.4. The molecular formula is C16H16N2O4. The number of fused-ring (bicyclic) bond motifs is 1. The smallest absolute Gasteiger partial charge is 0.258 e. The number of benzene rings is 1. The second-order valence-electron chi connectivity index (χ2n) is 4.78. The van der Waals surface area contributed by atoms with Crippen LogP contribution in [0, 0.1) is 0 Å². The van der Waals surface area contributed by atoms with E-state index in [0.717, 1.165) is 0 Å². The molecule has 114 valence electrons. The maximum atomic E-state index is 12.6. The minimum atomic E-state index is -0.149. The number of carbonyl (C=O) groups is 1. The summed E-state index contributed by atoms with van der Waals surface area (Å²) < 4.78 is 16.0. The first-order valence-corrected chi connectivity index (χ1v) is 6.87. The second kappa shape index (κ2) is 5.93. The zero-order chi connectivity index (χ0) is 15.5. The molecule has 0 N–H and O–H groups in total. The molecule has 6 nitrogen and oxygen atoms in total. The van der Waals surface area contributed by atoms with Crippen LogP contribution in [0.25, 0.3) is 0 Å². The van der Waals surface area contributed by atoms with Gasteiger partial charge in [0, 0.05) is 18.7 Å². The molecule has 1 aromatic carbocycles. The molecule has 2 heterocycles. The van der Waals surface area contributed by atoms with Crippen molar-refractivity contribution < 1.29 is 19.0 Å². The van der Waals surface area contributed by atoms with Crippen molar-refractivity contribution >= 4 is 11.6 Å². The number of carbonyl (C=O) groups excluding carboxylic acids is 1. The number of nitrogens with zero attached hydrogens (tertiary/aromatic N) is 2. The summed E-state index contributed by atoms with van der Waals surface area (Å²) in [5, 5.41) is 0. The lowest BCUT2D eigenvalue weighted by Crippen LogP contribution is -2.26. The first kappa shape index (κ1) is 14.2. The molecule has 6 heteroatoms. The van der Waals surface area contributed by atoms with Crippen molar-refractivity contribution in [3.63, 3.8) is 0 Å². The maximum Gasteiger partial charge on any atom is 0.258 e. The van der Waals surface area contributed by atoms with Gasteiger partial charge >= 0.3 is 0 Å². The van der Waals surface area contributed by atoms with Crippen LogP contribution in [0.4, 0.5) is 5.69 Å². The molecule has 0 spiro atoms. The Bertz CT molecular complexity index is 685. The van der Waals surface area contributed by atoms with E-state index in [1.165, 1.54) is 4.90 Å². The minimum Gasteiger partial charge on any atom is -0.486 e. The average Bonchev–Trinajstić information content (AvgIpc) is 2.60.